The van der Waals surface area contributed by atoms with Crippen molar-refractivity contribution in [2.45, 2.75) is 25.4 Å². The molecule has 0 amide bonds. The second-order valence-corrected chi connectivity index (χ2v) is 8.08. The van der Waals surface area contributed by atoms with E-state index in [9.17, 15) is 18.0 Å². The molecule has 2 aliphatic rings. The van der Waals surface area contributed by atoms with Crippen LogP contribution in [0, 0.1) is 5.41 Å². The van der Waals surface area contributed by atoms with E-state index in [2.05, 4.69) is 0 Å². The molecule has 1 saturated heterocycles. The number of ether oxygens (including phenoxy) is 1. The second kappa shape index (κ2) is 7.37. The van der Waals surface area contributed by atoms with Crippen molar-refractivity contribution in [1.82, 2.24) is 4.90 Å². The Kier molecular flexibility index (Phi) is 5.02. The fourth-order valence-electron chi connectivity index (χ4n) is 4.62. The van der Waals surface area contributed by atoms with Crippen LogP contribution in [-0.4, -0.2) is 42.2 Å². The van der Waals surface area contributed by atoms with Crippen molar-refractivity contribution in [3.63, 3.8) is 0 Å². The molecule has 1 heterocycles. The fourth-order valence-corrected chi connectivity index (χ4v) is 4.62. The lowest BCUT2D eigenvalue weighted by Crippen LogP contribution is -2.58. The van der Waals surface area contributed by atoms with Gasteiger partial charge in [-0.3, -0.25) is 9.69 Å². The van der Waals surface area contributed by atoms with Gasteiger partial charge in [0.1, 0.15) is 5.75 Å². The smallest absolute Gasteiger partial charge is 0.416 e. The maximum absolute atomic E-state index is 13.1. The van der Waals surface area contributed by atoms with Crippen LogP contribution in [0.2, 0.25) is 0 Å². The zero-order chi connectivity index (χ0) is 20.6. The zero-order valence-electron chi connectivity index (χ0n) is 15.8. The minimum Gasteiger partial charge on any atom is -0.493 e. The predicted octanol–water partition coefficient (Wildman–Crippen LogP) is 3.81. The Bertz CT molecular complexity index is 920. The first kappa shape index (κ1) is 19.8. The maximum atomic E-state index is 13.1. The van der Waals surface area contributed by atoms with E-state index in [1.807, 2.05) is 23.1 Å². The number of fused-ring (bicyclic) bond motifs is 1. The summed E-state index contributed by atoms with van der Waals surface area (Å²) in [7, 11) is 0. The number of carboxylic acids is 1. The molecular weight excluding hydrogens is 383 g/mol. The molecule has 0 unspecified atom stereocenters. The number of halogens is 3. The Hall–Kier alpha value is -2.54. The van der Waals surface area contributed by atoms with Gasteiger partial charge in [-0.1, -0.05) is 24.3 Å². The number of carbonyl (C=O) groups is 1. The van der Waals surface area contributed by atoms with Gasteiger partial charge in [0.2, 0.25) is 0 Å². The van der Waals surface area contributed by atoms with Crippen molar-refractivity contribution in [2.75, 3.05) is 26.2 Å². The molecular formula is C22H22F3NO3. The van der Waals surface area contributed by atoms with Gasteiger partial charge in [-0.2, -0.15) is 13.2 Å². The fraction of sp³-hybridized carbons (Fsp3) is 0.409. The molecule has 1 fully saturated rings. The van der Waals surface area contributed by atoms with Crippen LogP contribution in [0.25, 0.3) is 0 Å². The van der Waals surface area contributed by atoms with Gasteiger partial charge in [-0.25, -0.2) is 0 Å². The SMILES string of the molecule is O=C(O)CN1CC2(Cc3ccc(OCCc4ccccc4C(F)(F)F)cc3C2)C1. The van der Waals surface area contributed by atoms with Crippen molar-refractivity contribution in [2.24, 2.45) is 5.41 Å². The molecule has 154 valence electrons. The van der Waals surface area contributed by atoms with Crippen LogP contribution in [0.5, 0.6) is 5.75 Å². The lowest BCUT2D eigenvalue weighted by Gasteiger charge is -2.47. The van der Waals surface area contributed by atoms with Gasteiger partial charge in [0.05, 0.1) is 18.7 Å². The normalized spacial score (nSPS) is 17.8. The second-order valence-electron chi connectivity index (χ2n) is 8.08. The van der Waals surface area contributed by atoms with E-state index in [4.69, 9.17) is 9.84 Å². The molecule has 0 radical (unpaired) electrons. The molecule has 1 N–H and O–H groups in total. The highest BCUT2D eigenvalue weighted by atomic mass is 19.4. The highest BCUT2D eigenvalue weighted by Gasteiger charge is 2.47. The summed E-state index contributed by atoms with van der Waals surface area (Å²) in [6, 6.07) is 11.4. The monoisotopic (exact) mass is 405 g/mol. The van der Waals surface area contributed by atoms with E-state index in [0.717, 1.165) is 32.0 Å². The third-order valence-electron chi connectivity index (χ3n) is 5.75. The highest BCUT2D eigenvalue weighted by Crippen LogP contribution is 2.44. The van der Waals surface area contributed by atoms with Gasteiger partial charge in [0.15, 0.2) is 0 Å². The van der Waals surface area contributed by atoms with Crippen molar-refractivity contribution in [1.29, 1.82) is 0 Å². The van der Waals surface area contributed by atoms with Gasteiger partial charge in [0.25, 0.3) is 0 Å². The molecule has 0 aromatic heterocycles. The van der Waals surface area contributed by atoms with E-state index in [1.54, 1.807) is 6.07 Å². The Morgan fingerprint density at radius 1 is 1.10 bits per heavy atom. The quantitative estimate of drug-likeness (QED) is 0.794. The minimum absolute atomic E-state index is 0.0753. The molecule has 4 nitrogen and oxygen atoms in total. The Labute approximate surface area is 166 Å². The summed E-state index contributed by atoms with van der Waals surface area (Å²) >= 11 is 0. The summed E-state index contributed by atoms with van der Waals surface area (Å²) in [6.45, 7) is 1.80. The average molecular weight is 405 g/mol. The van der Waals surface area contributed by atoms with Crippen LogP contribution in [0.3, 0.4) is 0 Å². The molecule has 0 atom stereocenters. The number of carboxylic acid groups (broad SMARTS) is 1. The zero-order valence-corrected chi connectivity index (χ0v) is 15.8. The lowest BCUT2D eigenvalue weighted by atomic mass is 9.77. The summed E-state index contributed by atoms with van der Waals surface area (Å²) < 4.78 is 45.0. The standard InChI is InChI=1S/C22H22F3NO3/c23-22(24,25)19-4-2-1-3-15(19)7-8-29-18-6-5-16-10-21(11-17(16)9-18)13-26(14-21)12-20(27)28/h1-6,9H,7-8,10-14H2,(H,27,28). The average Bonchev–Trinajstić information content (AvgIpc) is 2.99. The summed E-state index contributed by atoms with van der Waals surface area (Å²) in [4.78, 5) is 12.8. The number of hydrogen-bond acceptors (Lipinski definition) is 3. The van der Waals surface area contributed by atoms with Crippen molar-refractivity contribution in [3.05, 3.63) is 64.7 Å². The Morgan fingerprint density at radius 2 is 1.83 bits per heavy atom. The summed E-state index contributed by atoms with van der Waals surface area (Å²) in [6.07, 6.45) is -2.37. The van der Waals surface area contributed by atoms with Crippen LogP contribution in [0.15, 0.2) is 42.5 Å². The Morgan fingerprint density at radius 3 is 2.55 bits per heavy atom. The van der Waals surface area contributed by atoms with E-state index >= 15 is 0 Å². The van der Waals surface area contributed by atoms with E-state index < -0.39 is 17.7 Å². The van der Waals surface area contributed by atoms with Crippen molar-refractivity contribution in [3.8, 4) is 5.75 Å². The van der Waals surface area contributed by atoms with Crippen LogP contribution >= 0.6 is 0 Å². The largest absolute Gasteiger partial charge is 0.493 e. The first-order valence-electron chi connectivity index (χ1n) is 9.58. The van der Waals surface area contributed by atoms with E-state index in [1.165, 1.54) is 23.3 Å². The molecule has 1 spiro atoms. The number of benzene rings is 2. The van der Waals surface area contributed by atoms with Gasteiger partial charge in [-0.05, 0) is 47.7 Å². The molecule has 29 heavy (non-hydrogen) atoms. The molecule has 4 rings (SSSR count). The predicted molar refractivity (Wildman–Crippen MR) is 101 cm³/mol. The summed E-state index contributed by atoms with van der Waals surface area (Å²) in [5, 5.41) is 8.90. The molecule has 1 aliphatic carbocycles. The number of aliphatic carboxylic acids is 1. The number of rotatable bonds is 6. The Balaban J connectivity index is 1.34. The topological polar surface area (TPSA) is 49.8 Å². The van der Waals surface area contributed by atoms with Gasteiger partial charge >= 0.3 is 12.1 Å². The first-order valence-corrected chi connectivity index (χ1v) is 9.58. The molecule has 7 heteroatoms. The van der Waals surface area contributed by atoms with Gasteiger partial charge in [-0.15, -0.1) is 0 Å². The highest BCUT2D eigenvalue weighted by molar-refractivity contribution is 5.69. The van der Waals surface area contributed by atoms with Crippen molar-refractivity contribution < 1.29 is 27.8 Å². The third kappa shape index (κ3) is 4.24. The minimum atomic E-state index is -4.37. The van der Waals surface area contributed by atoms with E-state index in [-0.39, 0.29) is 30.6 Å². The lowest BCUT2D eigenvalue weighted by molar-refractivity contribution is -0.141. The maximum Gasteiger partial charge on any atom is 0.416 e. The third-order valence-corrected chi connectivity index (χ3v) is 5.75. The molecule has 0 bridgehead atoms. The summed E-state index contributed by atoms with van der Waals surface area (Å²) in [5.74, 6) is -0.148. The number of alkyl halides is 3. The van der Waals surface area contributed by atoms with Crippen LogP contribution < -0.4 is 4.74 Å². The number of likely N-dealkylation sites (tertiary alicyclic amines) is 1. The van der Waals surface area contributed by atoms with Crippen molar-refractivity contribution >= 4 is 5.97 Å². The number of nitrogens with zero attached hydrogens (tertiary/aromatic N) is 1. The van der Waals surface area contributed by atoms with Crippen LogP contribution in [-0.2, 0) is 30.2 Å². The molecule has 2 aromatic rings. The molecule has 2 aromatic carbocycles. The number of hydrogen-bond donors (Lipinski definition) is 1. The van der Waals surface area contributed by atoms with Crippen LogP contribution in [0.1, 0.15) is 22.3 Å². The van der Waals surface area contributed by atoms with Gasteiger partial charge in [0, 0.05) is 24.9 Å². The first-order chi connectivity index (χ1) is 13.7. The molecule has 1 aliphatic heterocycles. The van der Waals surface area contributed by atoms with Gasteiger partial charge < -0.3 is 9.84 Å². The van der Waals surface area contributed by atoms with E-state index in [0.29, 0.717) is 5.75 Å². The summed E-state index contributed by atoms with van der Waals surface area (Å²) in [5.41, 5.74) is 2.16. The van der Waals surface area contributed by atoms with Crippen LogP contribution in [0.4, 0.5) is 13.2 Å². The molecule has 0 saturated carbocycles.